The van der Waals surface area contributed by atoms with Crippen molar-refractivity contribution in [3.05, 3.63) is 18.2 Å². The van der Waals surface area contributed by atoms with Gasteiger partial charge in [0.15, 0.2) is 15.8 Å². The molecule has 1 aromatic carbocycles. The Bertz CT molecular complexity index is 903. The van der Waals surface area contributed by atoms with Crippen LogP contribution in [0.15, 0.2) is 22.5 Å². The summed E-state index contributed by atoms with van der Waals surface area (Å²) in [4.78, 5) is 26.2. The van der Waals surface area contributed by atoms with E-state index in [1.807, 2.05) is 0 Å². The van der Waals surface area contributed by atoms with Gasteiger partial charge >= 0.3 is 6.03 Å². The fraction of sp³-hybridized carbons (Fsp3) is 0.444. The van der Waals surface area contributed by atoms with Crippen LogP contribution >= 0.6 is 23.1 Å². The largest absolute Gasteiger partial charge is 0.486 e. The summed E-state index contributed by atoms with van der Waals surface area (Å²) in [7, 11) is 0. The molecule has 1 saturated heterocycles. The summed E-state index contributed by atoms with van der Waals surface area (Å²) in [5.74, 6) is 1.33. The molecule has 0 spiro atoms. The predicted octanol–water partition coefficient (Wildman–Crippen LogP) is 1.98. The first-order valence-electron chi connectivity index (χ1n) is 9.47. The van der Waals surface area contributed by atoms with Crippen molar-refractivity contribution >= 4 is 45.9 Å². The summed E-state index contributed by atoms with van der Waals surface area (Å²) in [6, 6.07) is 4.48. The second-order valence-electron chi connectivity index (χ2n) is 6.41. The maximum Gasteiger partial charge on any atom is 0.325 e. The molecule has 160 valence electrons. The van der Waals surface area contributed by atoms with E-state index in [1.54, 1.807) is 18.2 Å². The van der Waals surface area contributed by atoms with Crippen molar-refractivity contribution < 1.29 is 23.8 Å². The van der Waals surface area contributed by atoms with Crippen molar-refractivity contribution in [1.82, 2.24) is 15.5 Å². The van der Waals surface area contributed by atoms with Crippen molar-refractivity contribution in [3.63, 3.8) is 0 Å². The number of amides is 3. The maximum absolute atomic E-state index is 12.0. The molecule has 12 heteroatoms. The Labute approximate surface area is 181 Å². The van der Waals surface area contributed by atoms with Crippen LogP contribution in [0.2, 0.25) is 0 Å². The lowest BCUT2D eigenvalue weighted by molar-refractivity contribution is -0.119. The molecule has 0 saturated carbocycles. The standard InChI is InChI=1S/C18H21N5O5S2/c24-15(3-10-29-18-22-21-17(30-18)23-4-6-26-7-5-23)20-16(25)19-12-1-2-13-14(11-12)28-9-8-27-13/h1-2,11H,3-10H2,(H2,19,20,24,25). The van der Waals surface area contributed by atoms with Gasteiger partial charge in [-0.1, -0.05) is 23.1 Å². The monoisotopic (exact) mass is 451 g/mol. The summed E-state index contributed by atoms with van der Waals surface area (Å²) >= 11 is 2.94. The predicted molar refractivity (Wildman–Crippen MR) is 113 cm³/mol. The number of thioether (sulfide) groups is 1. The molecule has 2 N–H and O–H groups in total. The van der Waals surface area contributed by atoms with E-state index in [4.69, 9.17) is 14.2 Å². The molecule has 0 unspecified atom stereocenters. The van der Waals surface area contributed by atoms with Crippen LogP contribution in [0.4, 0.5) is 15.6 Å². The number of nitrogens with one attached hydrogen (secondary N) is 2. The molecule has 0 bridgehead atoms. The number of carbonyl (C=O) groups excluding carboxylic acids is 2. The lowest BCUT2D eigenvalue weighted by atomic mass is 10.2. The summed E-state index contributed by atoms with van der Waals surface area (Å²) < 4.78 is 17.0. The van der Waals surface area contributed by atoms with Crippen LogP contribution in [0, 0.1) is 0 Å². The highest BCUT2D eigenvalue weighted by Crippen LogP contribution is 2.32. The number of nitrogens with zero attached hydrogens (tertiary/aromatic N) is 3. The van der Waals surface area contributed by atoms with Crippen molar-refractivity contribution in [2.24, 2.45) is 0 Å². The Kier molecular flexibility index (Phi) is 6.87. The van der Waals surface area contributed by atoms with Gasteiger partial charge in [0.2, 0.25) is 11.0 Å². The number of hydrogen-bond acceptors (Lipinski definition) is 10. The SMILES string of the molecule is O=C(CCSc1nnc(N2CCOCC2)s1)NC(=O)Nc1ccc2c(c1)OCCO2. The zero-order valence-electron chi connectivity index (χ0n) is 16.1. The topological polar surface area (TPSA) is 115 Å². The Morgan fingerprint density at radius 3 is 2.73 bits per heavy atom. The molecule has 2 aliphatic heterocycles. The molecule has 1 fully saturated rings. The van der Waals surface area contributed by atoms with E-state index in [9.17, 15) is 9.59 Å². The van der Waals surface area contributed by atoms with Crippen LogP contribution in [0.25, 0.3) is 0 Å². The minimum atomic E-state index is -0.591. The van der Waals surface area contributed by atoms with Crippen LogP contribution in [-0.4, -0.2) is 67.4 Å². The van der Waals surface area contributed by atoms with Gasteiger partial charge in [-0.2, -0.15) is 0 Å². The summed E-state index contributed by atoms with van der Waals surface area (Å²) in [5.41, 5.74) is 0.517. The highest BCUT2D eigenvalue weighted by molar-refractivity contribution is 8.01. The van der Waals surface area contributed by atoms with Crippen LogP contribution in [-0.2, 0) is 9.53 Å². The van der Waals surface area contributed by atoms with Crippen LogP contribution < -0.4 is 25.0 Å². The second kappa shape index (κ2) is 9.96. The third kappa shape index (κ3) is 5.52. The normalized spacial score (nSPS) is 15.5. The number of morpholine rings is 1. The van der Waals surface area contributed by atoms with Crippen molar-refractivity contribution in [2.45, 2.75) is 10.8 Å². The van der Waals surface area contributed by atoms with Crippen LogP contribution in [0.5, 0.6) is 11.5 Å². The number of urea groups is 1. The van der Waals surface area contributed by atoms with Gasteiger partial charge < -0.3 is 24.4 Å². The van der Waals surface area contributed by atoms with Gasteiger partial charge in [0.05, 0.1) is 13.2 Å². The van der Waals surface area contributed by atoms with Gasteiger partial charge in [-0.05, 0) is 12.1 Å². The number of anilines is 2. The number of benzene rings is 1. The molecule has 10 nitrogen and oxygen atoms in total. The third-order valence-electron chi connectivity index (χ3n) is 4.29. The van der Waals surface area contributed by atoms with Gasteiger partial charge in [-0.15, -0.1) is 10.2 Å². The molecular weight excluding hydrogens is 430 g/mol. The van der Waals surface area contributed by atoms with Crippen molar-refractivity contribution in [3.8, 4) is 11.5 Å². The lowest BCUT2D eigenvalue weighted by Gasteiger charge is -2.25. The van der Waals surface area contributed by atoms with E-state index >= 15 is 0 Å². The first-order valence-corrected chi connectivity index (χ1v) is 11.3. The molecule has 4 rings (SSSR count). The maximum atomic E-state index is 12.0. The molecule has 0 radical (unpaired) electrons. The molecule has 0 atom stereocenters. The number of imide groups is 1. The Hall–Kier alpha value is -2.57. The fourth-order valence-corrected chi connectivity index (χ4v) is 4.75. The van der Waals surface area contributed by atoms with Crippen molar-refractivity contribution in [2.75, 3.05) is 55.5 Å². The lowest BCUT2D eigenvalue weighted by Crippen LogP contribution is -2.36. The summed E-state index contributed by atoms with van der Waals surface area (Å²) in [6.07, 6.45) is 0.186. The average Bonchev–Trinajstić information content (AvgIpc) is 3.23. The Morgan fingerprint density at radius 2 is 1.90 bits per heavy atom. The zero-order chi connectivity index (χ0) is 20.8. The number of hydrogen-bond donors (Lipinski definition) is 2. The van der Waals surface area contributed by atoms with E-state index in [0.717, 1.165) is 22.6 Å². The number of fused-ring (bicyclic) bond motifs is 1. The fourth-order valence-electron chi connectivity index (χ4n) is 2.85. The highest BCUT2D eigenvalue weighted by atomic mass is 32.2. The van der Waals surface area contributed by atoms with Crippen molar-refractivity contribution in [1.29, 1.82) is 0 Å². The number of rotatable bonds is 6. The molecule has 0 aliphatic carbocycles. The third-order valence-corrected chi connectivity index (χ3v) is 6.40. The van der Waals surface area contributed by atoms with Gasteiger partial charge in [0.25, 0.3) is 0 Å². The van der Waals surface area contributed by atoms with Crippen LogP contribution in [0.1, 0.15) is 6.42 Å². The summed E-state index contributed by atoms with van der Waals surface area (Å²) in [6.45, 7) is 3.95. The molecular formula is C18H21N5O5S2. The van der Waals surface area contributed by atoms with Gasteiger partial charge in [-0.25, -0.2) is 4.79 Å². The molecule has 3 heterocycles. The Balaban J connectivity index is 1.18. The molecule has 2 aliphatic rings. The number of carbonyl (C=O) groups is 2. The van der Waals surface area contributed by atoms with E-state index < -0.39 is 6.03 Å². The minimum Gasteiger partial charge on any atom is -0.486 e. The number of aromatic nitrogens is 2. The Morgan fingerprint density at radius 1 is 1.10 bits per heavy atom. The first-order chi connectivity index (χ1) is 14.7. The van der Waals surface area contributed by atoms with E-state index in [0.29, 0.717) is 49.4 Å². The molecule has 2 aromatic rings. The van der Waals surface area contributed by atoms with E-state index in [-0.39, 0.29) is 12.3 Å². The molecule has 1 aromatic heterocycles. The quantitative estimate of drug-likeness (QED) is 0.636. The molecule has 30 heavy (non-hydrogen) atoms. The second-order valence-corrected chi connectivity index (χ2v) is 8.71. The highest BCUT2D eigenvalue weighted by Gasteiger charge is 2.17. The average molecular weight is 452 g/mol. The van der Waals surface area contributed by atoms with E-state index in [2.05, 4.69) is 25.7 Å². The van der Waals surface area contributed by atoms with Gasteiger partial charge in [0.1, 0.15) is 13.2 Å². The van der Waals surface area contributed by atoms with Gasteiger partial charge in [-0.3, -0.25) is 10.1 Å². The number of ether oxygens (including phenoxy) is 3. The smallest absolute Gasteiger partial charge is 0.325 e. The van der Waals surface area contributed by atoms with Crippen LogP contribution in [0.3, 0.4) is 0 Å². The first kappa shape index (κ1) is 20.7. The summed E-state index contributed by atoms with van der Waals surface area (Å²) in [5, 5.41) is 14.2. The zero-order valence-corrected chi connectivity index (χ0v) is 17.7. The molecule has 3 amide bonds. The minimum absolute atomic E-state index is 0.186. The van der Waals surface area contributed by atoms with Gasteiger partial charge in [0, 0.05) is 37.0 Å². The van der Waals surface area contributed by atoms with E-state index in [1.165, 1.54) is 23.1 Å².